The minimum Gasteiger partial charge on any atom is -0.330 e. The Morgan fingerprint density at radius 2 is 2.17 bits per heavy atom. The second kappa shape index (κ2) is 7.35. The van der Waals surface area contributed by atoms with Crippen molar-refractivity contribution >= 4 is 23.5 Å². The van der Waals surface area contributed by atoms with E-state index in [1.807, 2.05) is 16.4 Å². The van der Waals surface area contributed by atoms with Crippen LogP contribution in [0.25, 0.3) is 0 Å². The number of tetrazole rings is 1. The summed E-state index contributed by atoms with van der Waals surface area (Å²) in [6.07, 6.45) is 3.26. The molecule has 7 heteroatoms. The van der Waals surface area contributed by atoms with Gasteiger partial charge in [-0.15, -0.1) is 16.9 Å². The van der Waals surface area contributed by atoms with Crippen molar-refractivity contribution in [1.29, 1.82) is 0 Å². The number of thioether (sulfide) groups is 2. The maximum atomic E-state index is 5.52. The number of hydrogen-bond donors (Lipinski definition) is 1. The van der Waals surface area contributed by atoms with Crippen LogP contribution < -0.4 is 5.73 Å². The van der Waals surface area contributed by atoms with Crippen LogP contribution in [0.3, 0.4) is 0 Å². The standard InChI is InChI=1S/C11H21N5S2/c1-2-9-10(18-8-7-17-9)11-13-14-15-16(11)6-4-3-5-12/h9-10H,2-8,12H2,1H3. The number of nitrogens with two attached hydrogens (primary N) is 1. The maximum absolute atomic E-state index is 5.52. The van der Waals surface area contributed by atoms with E-state index >= 15 is 0 Å². The molecule has 2 unspecified atom stereocenters. The Hall–Kier alpha value is -0.270. The molecular weight excluding hydrogens is 266 g/mol. The highest BCUT2D eigenvalue weighted by molar-refractivity contribution is 8.06. The van der Waals surface area contributed by atoms with Gasteiger partial charge in [-0.25, -0.2) is 4.68 Å². The van der Waals surface area contributed by atoms with E-state index in [4.69, 9.17) is 5.73 Å². The fourth-order valence-electron chi connectivity index (χ4n) is 2.12. The first-order valence-electron chi connectivity index (χ1n) is 6.56. The van der Waals surface area contributed by atoms with Crippen LogP contribution in [0.1, 0.15) is 37.3 Å². The van der Waals surface area contributed by atoms with Gasteiger partial charge in [0.05, 0.1) is 5.25 Å². The molecule has 0 bridgehead atoms. The van der Waals surface area contributed by atoms with Gasteiger partial charge in [-0.05, 0) is 36.2 Å². The Morgan fingerprint density at radius 1 is 1.33 bits per heavy atom. The average Bonchev–Trinajstić information content (AvgIpc) is 2.87. The summed E-state index contributed by atoms with van der Waals surface area (Å²) in [5.41, 5.74) is 5.52. The number of aromatic nitrogens is 4. The third-order valence-corrected chi connectivity index (χ3v) is 6.33. The van der Waals surface area contributed by atoms with Crippen molar-refractivity contribution in [2.75, 3.05) is 18.1 Å². The highest BCUT2D eigenvalue weighted by Gasteiger charge is 2.30. The van der Waals surface area contributed by atoms with E-state index in [9.17, 15) is 0 Å². The first-order valence-corrected chi connectivity index (χ1v) is 8.66. The van der Waals surface area contributed by atoms with Gasteiger partial charge < -0.3 is 5.73 Å². The molecular formula is C11H21N5S2. The summed E-state index contributed by atoms with van der Waals surface area (Å²) < 4.78 is 1.97. The van der Waals surface area contributed by atoms with Crippen molar-refractivity contribution in [1.82, 2.24) is 20.2 Å². The first kappa shape index (κ1) is 14.1. The van der Waals surface area contributed by atoms with Gasteiger partial charge in [0.2, 0.25) is 0 Å². The molecule has 0 radical (unpaired) electrons. The third-order valence-electron chi connectivity index (χ3n) is 3.09. The van der Waals surface area contributed by atoms with Crippen molar-refractivity contribution in [3.63, 3.8) is 0 Å². The van der Waals surface area contributed by atoms with Crippen LogP contribution in [0.15, 0.2) is 0 Å². The lowest BCUT2D eigenvalue weighted by atomic mass is 10.2. The summed E-state index contributed by atoms with van der Waals surface area (Å²) in [6.45, 7) is 3.87. The number of hydrogen-bond acceptors (Lipinski definition) is 6. The number of aryl methyl sites for hydroxylation is 1. The molecule has 0 aromatic carbocycles. The smallest absolute Gasteiger partial charge is 0.165 e. The lowest BCUT2D eigenvalue weighted by molar-refractivity contribution is 0.520. The molecule has 18 heavy (non-hydrogen) atoms. The van der Waals surface area contributed by atoms with Crippen molar-refractivity contribution in [2.45, 2.75) is 43.2 Å². The van der Waals surface area contributed by atoms with E-state index in [1.165, 1.54) is 17.9 Å². The molecule has 2 heterocycles. The Balaban J connectivity index is 2.04. The Kier molecular flexibility index (Phi) is 5.78. The Bertz CT molecular complexity index is 357. The van der Waals surface area contributed by atoms with Crippen LogP contribution in [-0.2, 0) is 6.54 Å². The zero-order valence-corrected chi connectivity index (χ0v) is 12.4. The summed E-state index contributed by atoms with van der Waals surface area (Å²) in [5, 5.41) is 13.3. The molecule has 0 amide bonds. The molecule has 2 rings (SSSR count). The third kappa shape index (κ3) is 3.39. The minimum absolute atomic E-state index is 0.446. The van der Waals surface area contributed by atoms with Crippen molar-refractivity contribution < 1.29 is 0 Å². The van der Waals surface area contributed by atoms with Crippen LogP contribution in [0.5, 0.6) is 0 Å². The van der Waals surface area contributed by atoms with Gasteiger partial charge in [0.15, 0.2) is 5.82 Å². The highest BCUT2D eigenvalue weighted by Crippen LogP contribution is 2.42. The highest BCUT2D eigenvalue weighted by atomic mass is 32.2. The molecule has 1 aromatic rings. The van der Waals surface area contributed by atoms with Gasteiger partial charge in [-0.1, -0.05) is 6.92 Å². The molecule has 1 saturated heterocycles. The van der Waals surface area contributed by atoms with Crippen LogP contribution in [0, 0.1) is 0 Å². The average molecular weight is 287 g/mol. The van der Waals surface area contributed by atoms with Crippen molar-refractivity contribution in [3.8, 4) is 0 Å². The van der Waals surface area contributed by atoms with E-state index in [2.05, 4.69) is 34.2 Å². The second-order valence-electron chi connectivity index (χ2n) is 4.36. The lowest BCUT2D eigenvalue weighted by Gasteiger charge is -2.28. The Morgan fingerprint density at radius 3 is 2.94 bits per heavy atom. The predicted octanol–water partition coefficient (Wildman–Crippen LogP) is 1.71. The molecule has 1 fully saturated rings. The van der Waals surface area contributed by atoms with E-state index < -0.39 is 0 Å². The molecule has 0 saturated carbocycles. The minimum atomic E-state index is 0.446. The normalized spacial score (nSPS) is 24.3. The van der Waals surface area contributed by atoms with E-state index in [0.717, 1.165) is 31.8 Å². The number of rotatable bonds is 6. The maximum Gasteiger partial charge on any atom is 0.165 e. The second-order valence-corrected chi connectivity index (χ2v) is 6.96. The number of nitrogens with zero attached hydrogens (tertiary/aromatic N) is 4. The molecule has 102 valence electrons. The summed E-state index contributed by atoms with van der Waals surface area (Å²) in [4.78, 5) is 0. The molecule has 0 spiro atoms. The molecule has 1 aliphatic heterocycles. The van der Waals surface area contributed by atoms with Gasteiger partial charge in [-0.3, -0.25) is 0 Å². The monoisotopic (exact) mass is 287 g/mol. The van der Waals surface area contributed by atoms with E-state index in [1.54, 1.807) is 0 Å². The summed E-state index contributed by atoms with van der Waals surface area (Å²) in [5.74, 6) is 3.49. The molecule has 5 nitrogen and oxygen atoms in total. The van der Waals surface area contributed by atoms with Gasteiger partial charge >= 0.3 is 0 Å². The molecule has 1 aromatic heterocycles. The molecule has 1 aliphatic rings. The summed E-state index contributed by atoms with van der Waals surface area (Å²) >= 11 is 4.05. The summed E-state index contributed by atoms with van der Waals surface area (Å²) in [6, 6.07) is 0. The number of unbranched alkanes of at least 4 members (excludes halogenated alkanes) is 1. The zero-order valence-electron chi connectivity index (χ0n) is 10.8. The van der Waals surface area contributed by atoms with Crippen LogP contribution in [0.2, 0.25) is 0 Å². The predicted molar refractivity (Wildman–Crippen MR) is 77.8 cm³/mol. The van der Waals surface area contributed by atoms with Crippen LogP contribution in [0.4, 0.5) is 0 Å². The SMILES string of the molecule is CCC1SCCSC1c1nnnn1CCCCN. The van der Waals surface area contributed by atoms with Crippen LogP contribution >= 0.6 is 23.5 Å². The van der Waals surface area contributed by atoms with E-state index in [0.29, 0.717) is 10.5 Å². The van der Waals surface area contributed by atoms with Gasteiger partial charge in [0.25, 0.3) is 0 Å². The van der Waals surface area contributed by atoms with Crippen molar-refractivity contribution in [3.05, 3.63) is 5.82 Å². The van der Waals surface area contributed by atoms with Gasteiger partial charge in [-0.2, -0.15) is 11.8 Å². The fourth-order valence-corrected chi connectivity index (χ4v) is 5.18. The fraction of sp³-hybridized carbons (Fsp3) is 0.909. The van der Waals surface area contributed by atoms with Crippen LogP contribution in [-0.4, -0.2) is 43.5 Å². The van der Waals surface area contributed by atoms with E-state index in [-0.39, 0.29) is 0 Å². The largest absolute Gasteiger partial charge is 0.330 e. The van der Waals surface area contributed by atoms with Gasteiger partial charge in [0, 0.05) is 23.3 Å². The van der Waals surface area contributed by atoms with Crippen molar-refractivity contribution in [2.24, 2.45) is 5.73 Å². The quantitative estimate of drug-likeness (QED) is 0.803. The Labute approximate surface area is 117 Å². The zero-order chi connectivity index (χ0) is 12.8. The summed E-state index contributed by atoms with van der Waals surface area (Å²) in [7, 11) is 0. The lowest BCUT2D eigenvalue weighted by Crippen LogP contribution is -2.22. The molecule has 2 N–H and O–H groups in total. The first-order chi connectivity index (χ1) is 8.86. The molecule has 2 atom stereocenters. The topological polar surface area (TPSA) is 69.6 Å². The molecule has 0 aliphatic carbocycles. The van der Waals surface area contributed by atoms with Gasteiger partial charge in [0.1, 0.15) is 0 Å².